The normalized spacial score (nSPS) is 12.2. The second-order valence-corrected chi connectivity index (χ2v) is 5.13. The van der Waals surface area contributed by atoms with Crippen LogP contribution in [0.3, 0.4) is 0 Å². The summed E-state index contributed by atoms with van der Waals surface area (Å²) in [6.07, 6.45) is 1.39. The molecule has 1 aromatic carbocycles. The number of hydrogen-bond acceptors (Lipinski definition) is 4. The molecular weight excluding hydrogens is 312 g/mol. The number of aryl methyl sites for hydroxylation is 1. The molecular formula is C12H13BrN4O2. The molecule has 0 aliphatic rings. The van der Waals surface area contributed by atoms with Crippen LogP contribution in [0.1, 0.15) is 18.5 Å². The van der Waals surface area contributed by atoms with Gasteiger partial charge in [0.1, 0.15) is 6.20 Å². The molecule has 0 aliphatic heterocycles. The molecule has 19 heavy (non-hydrogen) atoms. The zero-order valence-electron chi connectivity index (χ0n) is 10.5. The molecule has 2 aromatic rings. The molecule has 0 aliphatic carbocycles. The number of benzene rings is 1. The van der Waals surface area contributed by atoms with Gasteiger partial charge in [0, 0.05) is 11.5 Å². The molecule has 1 unspecified atom stereocenters. The van der Waals surface area contributed by atoms with Crippen LogP contribution in [0.4, 0.5) is 11.5 Å². The van der Waals surface area contributed by atoms with Crippen molar-refractivity contribution >= 4 is 27.4 Å². The Hall–Kier alpha value is -1.89. The van der Waals surface area contributed by atoms with E-state index >= 15 is 0 Å². The Bertz CT molecular complexity index is 594. The van der Waals surface area contributed by atoms with Gasteiger partial charge in [0.05, 0.1) is 11.0 Å². The molecule has 0 amide bonds. The van der Waals surface area contributed by atoms with E-state index in [0.29, 0.717) is 0 Å². The molecule has 7 heteroatoms. The van der Waals surface area contributed by atoms with Gasteiger partial charge in [-0.15, -0.1) is 5.10 Å². The summed E-state index contributed by atoms with van der Waals surface area (Å²) in [5, 5.41) is 18.0. The molecule has 0 saturated carbocycles. The van der Waals surface area contributed by atoms with E-state index in [4.69, 9.17) is 0 Å². The third kappa shape index (κ3) is 3.11. The van der Waals surface area contributed by atoms with Gasteiger partial charge in [0.2, 0.25) is 5.82 Å². The van der Waals surface area contributed by atoms with E-state index in [1.807, 2.05) is 31.2 Å². The quantitative estimate of drug-likeness (QED) is 0.692. The number of nitrogens with zero attached hydrogens (tertiary/aromatic N) is 3. The Kier molecular flexibility index (Phi) is 3.84. The van der Waals surface area contributed by atoms with Crippen LogP contribution in [0.15, 0.2) is 34.9 Å². The highest BCUT2D eigenvalue weighted by molar-refractivity contribution is 9.10. The standard InChI is InChI=1S/C12H13BrN4O2/c1-8(9-3-5-10(13)6-4-9)14-12-11(17(18)19)7-16(2)15-12/h3-8H,1-2H3,(H,14,15). The molecule has 1 aromatic heterocycles. The van der Waals surface area contributed by atoms with Crippen molar-refractivity contribution in [2.45, 2.75) is 13.0 Å². The van der Waals surface area contributed by atoms with Gasteiger partial charge in [-0.1, -0.05) is 28.1 Å². The SMILES string of the molecule is CC(Nc1nn(C)cc1[N+](=O)[O-])c1ccc(Br)cc1. The zero-order chi connectivity index (χ0) is 14.0. The molecule has 100 valence electrons. The lowest BCUT2D eigenvalue weighted by molar-refractivity contribution is -0.384. The van der Waals surface area contributed by atoms with Gasteiger partial charge in [0.15, 0.2) is 0 Å². The van der Waals surface area contributed by atoms with Gasteiger partial charge in [-0.3, -0.25) is 14.8 Å². The van der Waals surface area contributed by atoms with Crippen LogP contribution in [-0.4, -0.2) is 14.7 Å². The monoisotopic (exact) mass is 324 g/mol. The summed E-state index contributed by atoms with van der Waals surface area (Å²) >= 11 is 3.37. The molecule has 2 rings (SSSR count). The van der Waals surface area contributed by atoms with Gasteiger partial charge in [-0.25, -0.2) is 0 Å². The fourth-order valence-electron chi connectivity index (χ4n) is 1.75. The average molecular weight is 325 g/mol. The van der Waals surface area contributed by atoms with Crippen molar-refractivity contribution in [3.05, 3.63) is 50.6 Å². The van der Waals surface area contributed by atoms with E-state index in [9.17, 15) is 10.1 Å². The van der Waals surface area contributed by atoms with Crippen molar-refractivity contribution in [2.24, 2.45) is 7.05 Å². The number of nitro groups is 1. The third-order valence-corrected chi connectivity index (χ3v) is 3.26. The van der Waals surface area contributed by atoms with Crippen LogP contribution in [0.5, 0.6) is 0 Å². The Balaban J connectivity index is 2.21. The predicted octanol–water partition coefficient (Wildman–Crippen LogP) is 3.26. The molecule has 1 N–H and O–H groups in total. The fraction of sp³-hybridized carbons (Fsp3) is 0.250. The van der Waals surface area contributed by atoms with Crippen molar-refractivity contribution in [3.63, 3.8) is 0 Å². The Morgan fingerprint density at radius 2 is 2.05 bits per heavy atom. The molecule has 0 saturated heterocycles. The van der Waals surface area contributed by atoms with Gasteiger partial charge < -0.3 is 5.32 Å². The van der Waals surface area contributed by atoms with Crippen molar-refractivity contribution < 1.29 is 4.92 Å². The van der Waals surface area contributed by atoms with Crippen LogP contribution in [0, 0.1) is 10.1 Å². The lowest BCUT2D eigenvalue weighted by atomic mass is 10.1. The number of aromatic nitrogens is 2. The van der Waals surface area contributed by atoms with E-state index in [1.54, 1.807) is 7.05 Å². The summed E-state index contributed by atoms with van der Waals surface area (Å²) < 4.78 is 2.42. The first kappa shape index (κ1) is 13.5. The van der Waals surface area contributed by atoms with Gasteiger partial charge in [0.25, 0.3) is 0 Å². The maximum atomic E-state index is 10.9. The number of halogens is 1. The second-order valence-electron chi connectivity index (χ2n) is 4.21. The molecule has 1 atom stereocenters. The third-order valence-electron chi connectivity index (χ3n) is 2.73. The van der Waals surface area contributed by atoms with E-state index < -0.39 is 4.92 Å². The lowest BCUT2D eigenvalue weighted by Crippen LogP contribution is -2.08. The molecule has 0 radical (unpaired) electrons. The van der Waals surface area contributed by atoms with E-state index in [2.05, 4.69) is 26.3 Å². The largest absolute Gasteiger partial charge is 0.356 e. The second kappa shape index (κ2) is 5.40. The fourth-order valence-corrected chi connectivity index (χ4v) is 2.02. The van der Waals surface area contributed by atoms with Crippen LogP contribution in [0.2, 0.25) is 0 Å². The van der Waals surface area contributed by atoms with E-state index in [-0.39, 0.29) is 17.5 Å². The molecule has 0 fully saturated rings. The zero-order valence-corrected chi connectivity index (χ0v) is 12.1. The van der Waals surface area contributed by atoms with Gasteiger partial charge in [-0.05, 0) is 24.6 Å². The summed E-state index contributed by atoms with van der Waals surface area (Å²) in [5.74, 6) is 0.280. The highest BCUT2D eigenvalue weighted by Gasteiger charge is 2.20. The average Bonchev–Trinajstić information content (AvgIpc) is 2.71. The summed E-state index contributed by atoms with van der Waals surface area (Å²) in [5.41, 5.74) is 1.01. The first-order valence-electron chi connectivity index (χ1n) is 5.67. The smallest absolute Gasteiger partial charge is 0.330 e. The first-order chi connectivity index (χ1) is 8.97. The van der Waals surface area contributed by atoms with E-state index in [0.717, 1.165) is 10.0 Å². The summed E-state index contributed by atoms with van der Waals surface area (Å²) in [4.78, 5) is 10.5. The number of anilines is 1. The predicted molar refractivity (Wildman–Crippen MR) is 76.0 cm³/mol. The maximum Gasteiger partial charge on any atom is 0.330 e. The summed E-state index contributed by atoms with van der Waals surface area (Å²) in [6.45, 7) is 1.93. The highest BCUT2D eigenvalue weighted by atomic mass is 79.9. The van der Waals surface area contributed by atoms with Gasteiger partial charge in [-0.2, -0.15) is 0 Å². The Morgan fingerprint density at radius 3 is 2.63 bits per heavy atom. The van der Waals surface area contributed by atoms with Crippen LogP contribution >= 0.6 is 15.9 Å². The number of nitrogens with one attached hydrogen (secondary N) is 1. The molecule has 0 bridgehead atoms. The first-order valence-corrected chi connectivity index (χ1v) is 6.46. The number of rotatable bonds is 4. The highest BCUT2D eigenvalue weighted by Crippen LogP contribution is 2.26. The number of hydrogen-bond donors (Lipinski definition) is 1. The van der Waals surface area contributed by atoms with E-state index in [1.165, 1.54) is 10.9 Å². The maximum absolute atomic E-state index is 10.9. The lowest BCUT2D eigenvalue weighted by Gasteiger charge is -2.13. The Labute approximate surface area is 118 Å². The van der Waals surface area contributed by atoms with Gasteiger partial charge >= 0.3 is 5.69 Å². The minimum atomic E-state index is -0.441. The molecule has 1 heterocycles. The van der Waals surface area contributed by atoms with Crippen LogP contribution < -0.4 is 5.32 Å². The van der Waals surface area contributed by atoms with Crippen LogP contribution in [0.25, 0.3) is 0 Å². The van der Waals surface area contributed by atoms with Crippen molar-refractivity contribution in [1.29, 1.82) is 0 Å². The topological polar surface area (TPSA) is 73.0 Å². The van der Waals surface area contributed by atoms with Crippen molar-refractivity contribution in [2.75, 3.05) is 5.32 Å². The summed E-state index contributed by atoms with van der Waals surface area (Å²) in [6, 6.07) is 7.70. The summed E-state index contributed by atoms with van der Waals surface area (Å²) in [7, 11) is 1.66. The van der Waals surface area contributed by atoms with Crippen molar-refractivity contribution in [3.8, 4) is 0 Å². The molecule has 6 nitrogen and oxygen atoms in total. The molecule has 0 spiro atoms. The minimum absolute atomic E-state index is 0.0218. The Morgan fingerprint density at radius 1 is 1.42 bits per heavy atom. The minimum Gasteiger partial charge on any atom is -0.356 e. The van der Waals surface area contributed by atoms with Crippen LogP contribution in [-0.2, 0) is 7.05 Å². The van der Waals surface area contributed by atoms with Crippen molar-refractivity contribution in [1.82, 2.24) is 9.78 Å².